The lowest BCUT2D eigenvalue weighted by Gasteiger charge is -2.07. The normalized spacial score (nSPS) is 12.7. The van der Waals surface area contributed by atoms with E-state index in [-0.39, 0.29) is 6.10 Å². The molecule has 0 aromatic carbocycles. The molecule has 3 heteroatoms. The van der Waals surface area contributed by atoms with E-state index in [4.69, 9.17) is 4.74 Å². The van der Waals surface area contributed by atoms with Gasteiger partial charge in [0.15, 0.2) is 0 Å². The molecule has 0 amide bonds. The van der Waals surface area contributed by atoms with E-state index in [1.165, 1.54) is 83.5 Å². The first-order valence-corrected chi connectivity index (χ1v) is 10.7. The Morgan fingerprint density at radius 2 is 1.14 bits per heavy atom. The maximum absolute atomic E-state index is 9.30. The Morgan fingerprint density at radius 1 is 0.727 bits per heavy atom. The molecule has 0 saturated heterocycles. The van der Waals surface area contributed by atoms with Gasteiger partial charge in [0.05, 0.1) is 12.7 Å². The first-order valence-electron chi connectivity index (χ1n) is 9.63. The second-order valence-corrected chi connectivity index (χ2v) is 7.13. The molecule has 0 aliphatic rings. The molecule has 2 nitrogen and oxygen atoms in total. The predicted octanol–water partition coefficient (Wildman–Crippen LogP) is 6.24. The summed E-state index contributed by atoms with van der Waals surface area (Å²) >= 11 is 3.23. The summed E-state index contributed by atoms with van der Waals surface area (Å²) < 4.78 is 5.41. The van der Waals surface area contributed by atoms with E-state index in [0.717, 1.165) is 13.0 Å². The van der Waals surface area contributed by atoms with Crippen LogP contribution in [-0.4, -0.2) is 29.8 Å². The third kappa shape index (κ3) is 18.4. The summed E-state index contributed by atoms with van der Waals surface area (Å²) in [6.45, 7) is 3.54. The van der Waals surface area contributed by atoms with Crippen LogP contribution in [0.3, 0.4) is 0 Å². The molecule has 0 aliphatic carbocycles. The van der Waals surface area contributed by atoms with Crippen molar-refractivity contribution in [2.75, 3.05) is 18.5 Å². The molecule has 22 heavy (non-hydrogen) atoms. The molecule has 0 aromatic heterocycles. The van der Waals surface area contributed by atoms with E-state index in [9.17, 15) is 5.11 Å². The van der Waals surface area contributed by atoms with Gasteiger partial charge in [-0.25, -0.2) is 0 Å². The van der Waals surface area contributed by atoms with E-state index >= 15 is 0 Å². The molecule has 0 aromatic rings. The van der Waals surface area contributed by atoms with Crippen LogP contribution >= 0.6 is 15.9 Å². The van der Waals surface area contributed by atoms with Gasteiger partial charge in [-0.3, -0.25) is 0 Å². The second-order valence-electron chi connectivity index (χ2n) is 6.48. The van der Waals surface area contributed by atoms with Gasteiger partial charge in [0, 0.05) is 11.9 Å². The van der Waals surface area contributed by atoms with Gasteiger partial charge in [-0.15, -0.1) is 0 Å². The van der Waals surface area contributed by atoms with Crippen molar-refractivity contribution in [3.63, 3.8) is 0 Å². The Hall–Kier alpha value is 0.400. The molecule has 0 saturated carbocycles. The molecule has 0 fully saturated rings. The maximum Gasteiger partial charge on any atom is 0.0870 e. The minimum absolute atomic E-state index is 0.355. The standard InChI is InChI=1S/C19H39BrO2/c1-2-3-4-5-6-7-8-9-10-11-12-13-14-15-16-22-18-19(21)17-20/h19,21H,2-18H2,1H3/t19-/m1/s1. The van der Waals surface area contributed by atoms with Gasteiger partial charge >= 0.3 is 0 Å². The summed E-state index contributed by atoms with van der Waals surface area (Å²) in [4.78, 5) is 0. The predicted molar refractivity (Wildman–Crippen MR) is 101 cm³/mol. The van der Waals surface area contributed by atoms with Crippen molar-refractivity contribution < 1.29 is 9.84 Å². The summed E-state index contributed by atoms with van der Waals surface area (Å²) in [5.41, 5.74) is 0. The molecule has 1 N–H and O–H groups in total. The smallest absolute Gasteiger partial charge is 0.0870 e. The van der Waals surface area contributed by atoms with Crippen molar-refractivity contribution in [2.24, 2.45) is 0 Å². The maximum atomic E-state index is 9.30. The average molecular weight is 379 g/mol. The van der Waals surface area contributed by atoms with Crippen molar-refractivity contribution in [2.45, 2.75) is 103 Å². The zero-order chi connectivity index (χ0) is 16.3. The summed E-state index contributed by atoms with van der Waals surface area (Å²) in [6, 6.07) is 0. The second kappa shape index (κ2) is 19.4. The van der Waals surface area contributed by atoms with E-state index < -0.39 is 0 Å². The first-order chi connectivity index (χ1) is 10.8. The number of alkyl halides is 1. The zero-order valence-electron chi connectivity index (χ0n) is 14.8. The zero-order valence-corrected chi connectivity index (χ0v) is 16.4. The van der Waals surface area contributed by atoms with Crippen molar-refractivity contribution in [3.05, 3.63) is 0 Å². The number of aliphatic hydroxyl groups is 1. The van der Waals surface area contributed by atoms with E-state index in [0.29, 0.717) is 11.9 Å². The van der Waals surface area contributed by atoms with Crippen LogP contribution in [0.25, 0.3) is 0 Å². The van der Waals surface area contributed by atoms with Crippen molar-refractivity contribution in [1.82, 2.24) is 0 Å². The molecule has 0 aliphatic heterocycles. The lowest BCUT2D eigenvalue weighted by atomic mass is 10.0. The van der Waals surface area contributed by atoms with Gasteiger partial charge in [0.25, 0.3) is 0 Å². The van der Waals surface area contributed by atoms with Crippen LogP contribution < -0.4 is 0 Å². The highest BCUT2D eigenvalue weighted by molar-refractivity contribution is 9.09. The lowest BCUT2D eigenvalue weighted by molar-refractivity contribution is 0.0473. The fourth-order valence-corrected chi connectivity index (χ4v) is 2.85. The monoisotopic (exact) mass is 378 g/mol. The van der Waals surface area contributed by atoms with Crippen LogP contribution in [0.4, 0.5) is 0 Å². The molecule has 0 heterocycles. The third-order valence-electron chi connectivity index (χ3n) is 4.13. The molecule has 134 valence electrons. The first kappa shape index (κ1) is 22.4. The summed E-state index contributed by atoms with van der Waals surface area (Å²) in [6.07, 6.45) is 19.0. The summed E-state index contributed by atoms with van der Waals surface area (Å²) in [7, 11) is 0. The van der Waals surface area contributed by atoms with Crippen LogP contribution in [0, 0.1) is 0 Å². The minimum Gasteiger partial charge on any atom is -0.390 e. The number of hydrogen-bond acceptors (Lipinski definition) is 2. The number of unbranched alkanes of at least 4 members (excludes halogenated alkanes) is 13. The molecule has 1 atom stereocenters. The fraction of sp³-hybridized carbons (Fsp3) is 1.00. The molecule has 0 bridgehead atoms. The number of aliphatic hydroxyl groups excluding tert-OH is 1. The van der Waals surface area contributed by atoms with Gasteiger partial charge in [0.2, 0.25) is 0 Å². The van der Waals surface area contributed by atoms with Crippen molar-refractivity contribution in [3.8, 4) is 0 Å². The Bertz CT molecular complexity index is 200. The van der Waals surface area contributed by atoms with E-state index in [1.54, 1.807) is 0 Å². The molecule has 0 rings (SSSR count). The van der Waals surface area contributed by atoms with Crippen LogP contribution in [0.2, 0.25) is 0 Å². The van der Waals surface area contributed by atoms with Gasteiger partial charge in [0.1, 0.15) is 0 Å². The molecule has 0 unspecified atom stereocenters. The number of hydrogen-bond donors (Lipinski definition) is 1. The van der Waals surface area contributed by atoms with Crippen LogP contribution in [-0.2, 0) is 4.74 Å². The molecule has 0 radical (unpaired) electrons. The SMILES string of the molecule is CCCCCCCCCCCCCCCCOC[C@H](O)CBr. The van der Waals surface area contributed by atoms with Gasteiger partial charge in [-0.05, 0) is 6.42 Å². The van der Waals surface area contributed by atoms with Gasteiger partial charge < -0.3 is 9.84 Å². The lowest BCUT2D eigenvalue weighted by Crippen LogP contribution is -2.16. The highest BCUT2D eigenvalue weighted by atomic mass is 79.9. The number of halogens is 1. The minimum atomic E-state index is -0.355. The summed E-state index contributed by atoms with van der Waals surface area (Å²) in [5.74, 6) is 0. The number of ether oxygens (including phenoxy) is 1. The molecule has 0 spiro atoms. The van der Waals surface area contributed by atoms with E-state index in [2.05, 4.69) is 22.9 Å². The quantitative estimate of drug-likeness (QED) is 0.226. The topological polar surface area (TPSA) is 29.5 Å². The molecular formula is C19H39BrO2. The van der Waals surface area contributed by atoms with Crippen molar-refractivity contribution >= 4 is 15.9 Å². The van der Waals surface area contributed by atoms with Crippen LogP contribution in [0.5, 0.6) is 0 Å². The van der Waals surface area contributed by atoms with E-state index in [1.807, 2.05) is 0 Å². The molecular weight excluding hydrogens is 340 g/mol. The number of rotatable bonds is 18. The van der Waals surface area contributed by atoms with Crippen molar-refractivity contribution in [1.29, 1.82) is 0 Å². The van der Waals surface area contributed by atoms with Gasteiger partial charge in [-0.1, -0.05) is 106 Å². The Balaban J connectivity index is 2.97. The summed E-state index contributed by atoms with van der Waals surface area (Å²) in [5, 5.41) is 9.90. The highest BCUT2D eigenvalue weighted by Gasteiger charge is 2.00. The highest BCUT2D eigenvalue weighted by Crippen LogP contribution is 2.12. The van der Waals surface area contributed by atoms with Gasteiger partial charge in [-0.2, -0.15) is 0 Å². The Labute approximate surface area is 147 Å². The van der Waals surface area contributed by atoms with Crippen LogP contribution in [0.15, 0.2) is 0 Å². The largest absolute Gasteiger partial charge is 0.390 e. The Morgan fingerprint density at radius 3 is 1.55 bits per heavy atom. The third-order valence-corrected chi connectivity index (χ3v) is 4.88. The average Bonchev–Trinajstić information content (AvgIpc) is 2.54. The fourth-order valence-electron chi connectivity index (χ4n) is 2.66. The Kier molecular flexibility index (Phi) is 19.8. The van der Waals surface area contributed by atoms with Crippen LogP contribution in [0.1, 0.15) is 96.8 Å².